The molecule has 3 atom stereocenters. The Hall–Kier alpha value is -0.870. The van der Waals surface area contributed by atoms with Crippen LogP contribution in [0.25, 0.3) is 0 Å². The summed E-state index contributed by atoms with van der Waals surface area (Å²) in [5.74, 6) is -0.211. The SMILES string of the molecule is CC(CCNC(=O)C(Cl)c1ccccc1)S(C)=O. The largest absolute Gasteiger partial charge is 0.354 e. The molecule has 1 aromatic rings. The molecule has 0 fully saturated rings. The minimum atomic E-state index is -0.856. The van der Waals surface area contributed by atoms with Crippen LogP contribution >= 0.6 is 11.6 Å². The molecule has 1 rings (SSSR count). The van der Waals surface area contributed by atoms with Crippen LogP contribution in [0.4, 0.5) is 0 Å². The average Bonchev–Trinajstić information content (AvgIpc) is 2.38. The number of carbonyl (C=O) groups excluding carboxylic acids is 1. The molecule has 0 heterocycles. The Morgan fingerprint density at radius 2 is 2.00 bits per heavy atom. The van der Waals surface area contributed by atoms with Crippen molar-refractivity contribution in [2.45, 2.75) is 24.0 Å². The highest BCUT2D eigenvalue weighted by atomic mass is 35.5. The van der Waals surface area contributed by atoms with Gasteiger partial charge in [-0.1, -0.05) is 37.3 Å². The van der Waals surface area contributed by atoms with Crippen molar-refractivity contribution in [1.29, 1.82) is 0 Å². The van der Waals surface area contributed by atoms with Crippen LogP contribution in [0.3, 0.4) is 0 Å². The highest BCUT2D eigenvalue weighted by Crippen LogP contribution is 2.19. The molecule has 0 aliphatic rings. The van der Waals surface area contributed by atoms with Gasteiger partial charge in [0.15, 0.2) is 0 Å². The van der Waals surface area contributed by atoms with Crippen LogP contribution in [0.1, 0.15) is 24.3 Å². The lowest BCUT2D eigenvalue weighted by molar-refractivity contribution is -0.120. The maximum absolute atomic E-state index is 11.8. The lowest BCUT2D eigenvalue weighted by Crippen LogP contribution is -2.30. The molecule has 0 spiro atoms. The molecule has 1 aromatic carbocycles. The summed E-state index contributed by atoms with van der Waals surface area (Å²) in [5, 5.41) is 2.17. The van der Waals surface area contributed by atoms with Crippen molar-refractivity contribution in [1.82, 2.24) is 5.32 Å². The summed E-state index contributed by atoms with van der Waals surface area (Å²) >= 11 is 6.06. The summed E-state index contributed by atoms with van der Waals surface area (Å²) in [6, 6.07) is 9.21. The van der Waals surface area contributed by atoms with Gasteiger partial charge in [-0.3, -0.25) is 9.00 Å². The molecule has 0 saturated carbocycles. The van der Waals surface area contributed by atoms with Gasteiger partial charge in [0.25, 0.3) is 0 Å². The molecule has 3 nitrogen and oxygen atoms in total. The number of hydrogen-bond acceptors (Lipinski definition) is 2. The second-order valence-corrected chi connectivity index (χ2v) is 6.40. The van der Waals surface area contributed by atoms with Gasteiger partial charge in [-0.25, -0.2) is 0 Å². The molecule has 0 aromatic heterocycles. The fraction of sp³-hybridized carbons (Fsp3) is 0.462. The van der Waals surface area contributed by atoms with Crippen molar-refractivity contribution in [2.24, 2.45) is 0 Å². The number of amides is 1. The molecule has 0 saturated heterocycles. The molecule has 1 N–H and O–H groups in total. The lowest BCUT2D eigenvalue weighted by atomic mass is 10.1. The monoisotopic (exact) mass is 287 g/mol. The van der Waals surface area contributed by atoms with Crippen molar-refractivity contribution < 1.29 is 9.00 Å². The van der Waals surface area contributed by atoms with E-state index in [2.05, 4.69) is 5.32 Å². The van der Waals surface area contributed by atoms with Crippen LogP contribution in [0.2, 0.25) is 0 Å². The maximum atomic E-state index is 11.8. The number of alkyl halides is 1. The van der Waals surface area contributed by atoms with Crippen LogP contribution in [0, 0.1) is 0 Å². The van der Waals surface area contributed by atoms with E-state index in [0.717, 1.165) is 5.56 Å². The van der Waals surface area contributed by atoms with E-state index in [1.54, 1.807) is 6.26 Å². The second kappa shape index (κ2) is 7.54. The third-order valence-electron chi connectivity index (χ3n) is 2.74. The molecule has 0 aliphatic heterocycles. The third-order valence-corrected chi connectivity index (χ3v) is 4.56. The molecule has 1 amide bonds. The molecule has 3 unspecified atom stereocenters. The molecule has 0 bridgehead atoms. The van der Waals surface area contributed by atoms with Gasteiger partial charge in [0, 0.05) is 28.9 Å². The summed E-state index contributed by atoms with van der Waals surface area (Å²) < 4.78 is 11.1. The molecule has 5 heteroatoms. The first kappa shape index (κ1) is 15.2. The number of benzene rings is 1. The van der Waals surface area contributed by atoms with Gasteiger partial charge >= 0.3 is 0 Å². The number of halogens is 1. The Labute approximate surface area is 115 Å². The van der Waals surface area contributed by atoms with Gasteiger partial charge in [-0.05, 0) is 12.0 Å². The predicted molar refractivity (Wildman–Crippen MR) is 76.2 cm³/mol. The lowest BCUT2D eigenvalue weighted by Gasteiger charge is -2.12. The van der Waals surface area contributed by atoms with Crippen molar-refractivity contribution in [3.05, 3.63) is 35.9 Å². The number of rotatable bonds is 6. The zero-order valence-corrected chi connectivity index (χ0v) is 12.1. The fourth-order valence-corrected chi connectivity index (χ4v) is 2.10. The first-order valence-electron chi connectivity index (χ1n) is 5.81. The molecular formula is C13H18ClNO2S. The Bertz CT molecular complexity index is 411. The second-order valence-electron chi connectivity index (χ2n) is 4.16. The van der Waals surface area contributed by atoms with Gasteiger partial charge in [0.2, 0.25) is 5.91 Å². The van der Waals surface area contributed by atoms with E-state index in [1.807, 2.05) is 37.3 Å². The van der Waals surface area contributed by atoms with E-state index in [4.69, 9.17) is 11.6 Å². The summed E-state index contributed by atoms with van der Waals surface area (Å²) in [4.78, 5) is 11.8. The highest BCUT2D eigenvalue weighted by Gasteiger charge is 2.17. The average molecular weight is 288 g/mol. The van der Waals surface area contributed by atoms with Crippen molar-refractivity contribution in [2.75, 3.05) is 12.8 Å². The first-order valence-corrected chi connectivity index (χ1v) is 7.87. The Morgan fingerprint density at radius 3 is 2.56 bits per heavy atom. The van der Waals surface area contributed by atoms with E-state index in [0.29, 0.717) is 13.0 Å². The van der Waals surface area contributed by atoms with E-state index < -0.39 is 16.2 Å². The van der Waals surface area contributed by atoms with E-state index in [-0.39, 0.29) is 11.2 Å². The summed E-state index contributed by atoms with van der Waals surface area (Å²) in [7, 11) is -0.856. The normalized spacial score (nSPS) is 15.7. The first-order chi connectivity index (χ1) is 8.52. The van der Waals surface area contributed by atoms with Crippen LogP contribution in [-0.4, -0.2) is 28.2 Å². The number of nitrogens with one attached hydrogen (secondary N) is 1. The fourth-order valence-electron chi connectivity index (χ4n) is 1.43. The summed E-state index contributed by atoms with van der Waals surface area (Å²) in [5.41, 5.74) is 0.781. The molecule has 0 radical (unpaired) electrons. The smallest absolute Gasteiger partial charge is 0.242 e. The Kier molecular flexibility index (Phi) is 6.36. The molecular weight excluding hydrogens is 270 g/mol. The van der Waals surface area contributed by atoms with E-state index in [1.165, 1.54) is 0 Å². The van der Waals surface area contributed by atoms with E-state index in [9.17, 15) is 9.00 Å². The topological polar surface area (TPSA) is 46.2 Å². The number of carbonyl (C=O) groups is 1. The van der Waals surface area contributed by atoms with Gasteiger partial charge in [0.05, 0.1) is 0 Å². The predicted octanol–water partition coefficient (Wildman–Crippen LogP) is 2.24. The zero-order chi connectivity index (χ0) is 13.5. The van der Waals surface area contributed by atoms with Gasteiger partial charge in [-0.2, -0.15) is 0 Å². The van der Waals surface area contributed by atoms with Gasteiger partial charge < -0.3 is 5.32 Å². The van der Waals surface area contributed by atoms with Crippen LogP contribution < -0.4 is 5.32 Å². The van der Waals surface area contributed by atoms with Crippen molar-refractivity contribution in [3.63, 3.8) is 0 Å². The quantitative estimate of drug-likeness (QED) is 0.816. The van der Waals surface area contributed by atoms with Gasteiger partial charge in [-0.15, -0.1) is 11.6 Å². The zero-order valence-electron chi connectivity index (χ0n) is 10.6. The standard InChI is InChI=1S/C13H18ClNO2S/c1-10(18(2)17)8-9-15-13(16)12(14)11-6-4-3-5-7-11/h3-7,10,12H,8-9H2,1-2H3,(H,15,16). The molecule has 18 heavy (non-hydrogen) atoms. The number of hydrogen-bond donors (Lipinski definition) is 1. The van der Waals surface area contributed by atoms with Crippen LogP contribution in [-0.2, 0) is 15.6 Å². The van der Waals surface area contributed by atoms with Crippen LogP contribution in [0.5, 0.6) is 0 Å². The Morgan fingerprint density at radius 1 is 1.39 bits per heavy atom. The van der Waals surface area contributed by atoms with Crippen molar-refractivity contribution >= 4 is 28.3 Å². The Balaban J connectivity index is 2.40. The van der Waals surface area contributed by atoms with Gasteiger partial charge in [0.1, 0.15) is 5.38 Å². The van der Waals surface area contributed by atoms with Crippen molar-refractivity contribution in [3.8, 4) is 0 Å². The molecule has 0 aliphatic carbocycles. The summed E-state index contributed by atoms with van der Waals surface area (Å²) in [6.07, 6.45) is 2.36. The summed E-state index contributed by atoms with van der Waals surface area (Å²) in [6.45, 7) is 2.40. The van der Waals surface area contributed by atoms with E-state index >= 15 is 0 Å². The maximum Gasteiger partial charge on any atom is 0.242 e. The highest BCUT2D eigenvalue weighted by molar-refractivity contribution is 7.84. The molecule has 100 valence electrons. The third kappa shape index (κ3) is 4.78. The minimum Gasteiger partial charge on any atom is -0.354 e. The van der Waals surface area contributed by atoms with Crippen LogP contribution in [0.15, 0.2) is 30.3 Å². The minimum absolute atomic E-state index is 0.0794.